The lowest BCUT2D eigenvalue weighted by atomic mass is 10.2. The second-order valence-electron chi connectivity index (χ2n) is 8.33. The second kappa shape index (κ2) is 11.1. The molecule has 0 atom stereocenters. The van der Waals surface area contributed by atoms with Gasteiger partial charge in [-0.15, -0.1) is 23.4 Å². The van der Waals surface area contributed by atoms with Gasteiger partial charge in [-0.3, -0.25) is 9.67 Å². The quantitative estimate of drug-likeness (QED) is 0.205. The molecular formula is C24H22ClF3N8O2. The van der Waals surface area contributed by atoms with Gasteiger partial charge in [-0.05, 0) is 29.8 Å². The Morgan fingerprint density at radius 3 is 2.68 bits per heavy atom. The molecule has 3 N–H and O–H groups in total. The van der Waals surface area contributed by atoms with Gasteiger partial charge in [0.15, 0.2) is 5.89 Å². The number of ether oxygens (including phenoxy) is 1. The maximum absolute atomic E-state index is 12.4. The summed E-state index contributed by atoms with van der Waals surface area (Å²) in [6, 6.07) is 8.13. The Labute approximate surface area is 219 Å². The normalized spacial score (nSPS) is 11.8. The van der Waals surface area contributed by atoms with Crippen LogP contribution < -0.4 is 15.4 Å². The fourth-order valence-electron chi connectivity index (χ4n) is 3.85. The van der Waals surface area contributed by atoms with Crippen LogP contribution in [0.15, 0.2) is 59.8 Å². The maximum Gasteiger partial charge on any atom is 0.573 e. The van der Waals surface area contributed by atoms with Crippen LogP contribution in [0, 0.1) is 0 Å². The summed E-state index contributed by atoms with van der Waals surface area (Å²) in [5, 5.41) is 22.3. The average molecular weight is 547 g/mol. The van der Waals surface area contributed by atoms with Gasteiger partial charge in [0.1, 0.15) is 24.2 Å². The molecule has 0 aliphatic rings. The van der Waals surface area contributed by atoms with Crippen molar-refractivity contribution in [2.45, 2.75) is 25.7 Å². The molecule has 14 heteroatoms. The Hall–Kier alpha value is -4.10. The predicted octanol–water partition coefficient (Wildman–Crippen LogP) is 4.67. The van der Waals surface area contributed by atoms with Crippen molar-refractivity contribution in [1.29, 1.82) is 0 Å². The lowest BCUT2D eigenvalue weighted by Gasteiger charge is -2.11. The van der Waals surface area contributed by atoms with Gasteiger partial charge in [-0.2, -0.15) is 5.10 Å². The smallest absolute Gasteiger partial charge is 0.446 e. The topological polar surface area (TPSA) is 119 Å². The molecule has 0 saturated carbocycles. The number of halogens is 4. The number of benzene rings is 2. The molecule has 0 fully saturated rings. The molecule has 198 valence electrons. The molecule has 5 aromatic rings. The third-order valence-electron chi connectivity index (χ3n) is 5.62. The number of H-pyrrole nitrogens is 1. The standard InChI is InChI=1S/C24H22ClF3N8O2/c25-19-7-15(1-2-22(19)38-24(26,27)28)10-29-5-4-23-31-11-17(37-23)3-6-30-20-8-16(36-13-33-34-14-36)9-21-18(20)12-32-35-21/h1-2,7-9,11-14,29-30H,3-6,10H2,(H,32,35). The summed E-state index contributed by atoms with van der Waals surface area (Å²) in [6.45, 7) is 1.60. The zero-order chi connectivity index (χ0) is 26.5. The zero-order valence-corrected chi connectivity index (χ0v) is 20.6. The van der Waals surface area contributed by atoms with E-state index in [1.807, 2.05) is 16.7 Å². The van der Waals surface area contributed by atoms with E-state index in [1.165, 1.54) is 18.2 Å². The molecule has 0 amide bonds. The van der Waals surface area contributed by atoms with Gasteiger partial charge in [-0.25, -0.2) is 4.98 Å². The highest BCUT2D eigenvalue weighted by atomic mass is 35.5. The lowest BCUT2D eigenvalue weighted by molar-refractivity contribution is -0.274. The predicted molar refractivity (Wildman–Crippen MR) is 133 cm³/mol. The fourth-order valence-corrected chi connectivity index (χ4v) is 4.10. The van der Waals surface area contributed by atoms with Crippen LogP contribution in [0.1, 0.15) is 17.2 Å². The summed E-state index contributed by atoms with van der Waals surface area (Å²) < 4.78 is 48.6. The highest BCUT2D eigenvalue weighted by Crippen LogP contribution is 2.30. The Balaban J connectivity index is 1.09. The largest absolute Gasteiger partial charge is 0.573 e. The number of aromatic amines is 1. The minimum atomic E-state index is -4.79. The van der Waals surface area contributed by atoms with Gasteiger partial charge >= 0.3 is 6.36 Å². The number of nitrogens with one attached hydrogen (secondary N) is 3. The molecule has 3 aromatic heterocycles. The second-order valence-corrected chi connectivity index (χ2v) is 8.74. The number of oxazole rings is 1. The van der Waals surface area contributed by atoms with Crippen LogP contribution in [0.4, 0.5) is 18.9 Å². The zero-order valence-electron chi connectivity index (χ0n) is 19.8. The number of anilines is 1. The minimum Gasteiger partial charge on any atom is -0.446 e. The Morgan fingerprint density at radius 2 is 1.89 bits per heavy atom. The van der Waals surface area contributed by atoms with Gasteiger partial charge in [-0.1, -0.05) is 17.7 Å². The van der Waals surface area contributed by atoms with Crippen LogP contribution in [0.3, 0.4) is 0 Å². The van der Waals surface area contributed by atoms with Crippen LogP contribution in [0.2, 0.25) is 5.02 Å². The summed E-state index contributed by atoms with van der Waals surface area (Å²) >= 11 is 5.89. The molecule has 38 heavy (non-hydrogen) atoms. The number of aromatic nitrogens is 6. The van der Waals surface area contributed by atoms with Crippen LogP contribution in [0.5, 0.6) is 5.75 Å². The Kier molecular flexibility index (Phi) is 7.47. The fraction of sp³-hybridized carbons (Fsp3) is 0.250. The van der Waals surface area contributed by atoms with Crippen molar-refractivity contribution in [3.8, 4) is 11.4 Å². The molecule has 0 saturated heterocycles. The molecule has 0 unspecified atom stereocenters. The van der Waals surface area contributed by atoms with E-state index in [2.05, 4.69) is 40.7 Å². The molecule has 0 aliphatic carbocycles. The number of hydrogen-bond donors (Lipinski definition) is 3. The summed E-state index contributed by atoms with van der Waals surface area (Å²) in [5.74, 6) is 0.909. The molecule has 2 aromatic carbocycles. The first-order valence-corrected chi connectivity index (χ1v) is 12.0. The number of nitrogens with zero attached hydrogens (tertiary/aromatic N) is 5. The minimum absolute atomic E-state index is 0.105. The van der Waals surface area contributed by atoms with Crippen molar-refractivity contribution in [2.75, 3.05) is 18.4 Å². The summed E-state index contributed by atoms with van der Waals surface area (Å²) in [4.78, 5) is 4.32. The Bertz CT molecular complexity index is 1500. The van der Waals surface area contributed by atoms with Gasteiger partial charge in [0.2, 0.25) is 0 Å². The van der Waals surface area contributed by atoms with Crippen molar-refractivity contribution >= 4 is 28.2 Å². The molecule has 0 spiro atoms. The van der Waals surface area contributed by atoms with Crippen molar-refractivity contribution in [3.63, 3.8) is 0 Å². The van der Waals surface area contributed by atoms with E-state index in [0.29, 0.717) is 38.4 Å². The van der Waals surface area contributed by atoms with Crippen molar-refractivity contribution < 1.29 is 22.3 Å². The summed E-state index contributed by atoms with van der Waals surface area (Å²) in [5.41, 5.74) is 3.43. The molecule has 0 bridgehead atoms. The molecular weight excluding hydrogens is 525 g/mol. The summed E-state index contributed by atoms with van der Waals surface area (Å²) in [6.07, 6.45) is 3.12. The lowest BCUT2D eigenvalue weighted by Crippen LogP contribution is -2.18. The van der Waals surface area contributed by atoms with E-state index in [1.54, 1.807) is 25.0 Å². The molecule has 0 radical (unpaired) electrons. The highest BCUT2D eigenvalue weighted by molar-refractivity contribution is 6.32. The first kappa shape index (κ1) is 25.5. The van der Waals surface area contributed by atoms with Crippen LogP contribution >= 0.6 is 11.6 Å². The van der Waals surface area contributed by atoms with E-state index < -0.39 is 12.1 Å². The van der Waals surface area contributed by atoms with Crippen molar-refractivity contribution in [1.82, 2.24) is 35.3 Å². The van der Waals surface area contributed by atoms with E-state index in [4.69, 9.17) is 16.0 Å². The molecule has 0 aliphatic heterocycles. The molecule has 5 rings (SSSR count). The van der Waals surface area contributed by atoms with Crippen molar-refractivity contribution in [3.05, 3.63) is 77.6 Å². The third-order valence-corrected chi connectivity index (χ3v) is 5.91. The van der Waals surface area contributed by atoms with E-state index >= 15 is 0 Å². The Morgan fingerprint density at radius 1 is 1.05 bits per heavy atom. The third kappa shape index (κ3) is 6.42. The number of hydrogen-bond acceptors (Lipinski definition) is 8. The van der Waals surface area contributed by atoms with Crippen LogP contribution in [-0.4, -0.2) is 49.4 Å². The first-order chi connectivity index (χ1) is 18.3. The van der Waals surface area contributed by atoms with Crippen LogP contribution in [0.25, 0.3) is 16.6 Å². The SMILES string of the molecule is FC(F)(F)Oc1ccc(CNCCc2ncc(CCNc3cc(-n4cnnc4)cc4[nH]ncc34)o2)cc1Cl. The number of alkyl halides is 3. The monoisotopic (exact) mass is 546 g/mol. The van der Waals surface area contributed by atoms with Gasteiger partial charge in [0, 0.05) is 43.5 Å². The maximum atomic E-state index is 12.4. The van der Waals surface area contributed by atoms with E-state index in [9.17, 15) is 13.2 Å². The summed E-state index contributed by atoms with van der Waals surface area (Å²) in [7, 11) is 0. The van der Waals surface area contributed by atoms with Crippen molar-refractivity contribution in [2.24, 2.45) is 0 Å². The van der Waals surface area contributed by atoms with E-state index in [-0.39, 0.29) is 5.02 Å². The number of fused-ring (bicyclic) bond motifs is 1. The highest BCUT2D eigenvalue weighted by Gasteiger charge is 2.32. The van der Waals surface area contributed by atoms with Gasteiger partial charge < -0.3 is 19.8 Å². The van der Waals surface area contributed by atoms with E-state index in [0.717, 1.165) is 33.6 Å². The van der Waals surface area contributed by atoms with Gasteiger partial charge in [0.05, 0.1) is 28.6 Å². The number of rotatable bonds is 11. The van der Waals surface area contributed by atoms with Gasteiger partial charge in [0.25, 0.3) is 0 Å². The molecule has 10 nitrogen and oxygen atoms in total. The first-order valence-electron chi connectivity index (χ1n) is 11.6. The molecule has 3 heterocycles. The average Bonchev–Trinajstić information content (AvgIpc) is 3.64. The van der Waals surface area contributed by atoms with Crippen LogP contribution in [-0.2, 0) is 19.4 Å².